The fraction of sp³-hybridized carbons (Fsp3) is 0.235. The molecule has 0 atom stereocenters. The van der Waals surface area contributed by atoms with Crippen molar-refractivity contribution in [2.45, 2.75) is 25.3 Å². The Morgan fingerprint density at radius 3 is 2.50 bits per heavy atom. The standard InChI is InChI=1S/C17H17NS2/c1-3-18-15-8-6-5-7-13(15)17(19)14-11-12(20-4-2)9-10-16(14)18/h5-11H,3-4H2,1-2H3. The first-order valence-corrected chi connectivity index (χ1v) is 8.33. The summed E-state index contributed by atoms with van der Waals surface area (Å²) in [6, 6.07) is 15.1. The number of thioether (sulfide) groups is 1. The number of aryl methyl sites for hydroxylation is 1. The van der Waals surface area contributed by atoms with E-state index >= 15 is 0 Å². The molecule has 0 aliphatic carbocycles. The number of nitrogens with zero attached hydrogens (tertiary/aromatic N) is 1. The van der Waals surface area contributed by atoms with E-state index in [1.807, 2.05) is 11.8 Å². The molecule has 3 heteroatoms. The van der Waals surface area contributed by atoms with Crippen molar-refractivity contribution in [1.29, 1.82) is 0 Å². The lowest BCUT2D eigenvalue weighted by Gasteiger charge is -2.14. The van der Waals surface area contributed by atoms with E-state index in [0.29, 0.717) is 0 Å². The second kappa shape index (κ2) is 5.58. The molecule has 2 aromatic carbocycles. The van der Waals surface area contributed by atoms with Crippen LogP contribution in [0.5, 0.6) is 0 Å². The lowest BCUT2D eigenvalue weighted by Crippen LogP contribution is -2.00. The molecular formula is C17H17NS2. The summed E-state index contributed by atoms with van der Waals surface area (Å²) >= 11 is 7.59. The zero-order chi connectivity index (χ0) is 14.1. The molecule has 0 aliphatic heterocycles. The van der Waals surface area contributed by atoms with Gasteiger partial charge in [-0.05, 0) is 36.9 Å². The van der Waals surface area contributed by atoms with Crippen LogP contribution in [0.4, 0.5) is 0 Å². The number of benzene rings is 2. The highest BCUT2D eigenvalue weighted by molar-refractivity contribution is 7.99. The first-order chi connectivity index (χ1) is 9.76. The second-order valence-corrected chi connectivity index (χ2v) is 6.45. The number of para-hydroxylation sites is 1. The minimum Gasteiger partial charge on any atom is -0.341 e. The van der Waals surface area contributed by atoms with Gasteiger partial charge in [-0.2, -0.15) is 0 Å². The molecule has 0 saturated carbocycles. The van der Waals surface area contributed by atoms with Crippen molar-refractivity contribution in [3.63, 3.8) is 0 Å². The quantitative estimate of drug-likeness (QED) is 0.349. The van der Waals surface area contributed by atoms with Gasteiger partial charge in [0.15, 0.2) is 0 Å². The van der Waals surface area contributed by atoms with E-state index in [4.69, 9.17) is 12.2 Å². The number of hydrogen-bond donors (Lipinski definition) is 0. The van der Waals surface area contributed by atoms with Crippen LogP contribution in [0.2, 0.25) is 0 Å². The van der Waals surface area contributed by atoms with Crippen LogP contribution in [0.15, 0.2) is 47.4 Å². The minimum absolute atomic E-state index is 0.951. The van der Waals surface area contributed by atoms with Crippen molar-refractivity contribution < 1.29 is 0 Å². The van der Waals surface area contributed by atoms with Crippen molar-refractivity contribution in [2.24, 2.45) is 0 Å². The van der Waals surface area contributed by atoms with Crippen LogP contribution in [-0.4, -0.2) is 10.3 Å². The Hall–Kier alpha value is -1.32. The van der Waals surface area contributed by atoms with Gasteiger partial charge in [-0.25, -0.2) is 0 Å². The van der Waals surface area contributed by atoms with E-state index in [1.165, 1.54) is 26.7 Å². The van der Waals surface area contributed by atoms with Gasteiger partial charge in [0.05, 0.1) is 4.51 Å². The van der Waals surface area contributed by atoms with Crippen molar-refractivity contribution >= 4 is 45.8 Å². The zero-order valence-electron chi connectivity index (χ0n) is 11.7. The van der Waals surface area contributed by atoms with Gasteiger partial charge in [0.1, 0.15) is 0 Å². The minimum atomic E-state index is 0.951. The highest BCUT2D eigenvalue weighted by atomic mass is 32.2. The highest BCUT2D eigenvalue weighted by Crippen LogP contribution is 2.29. The average molecular weight is 299 g/mol. The second-order valence-electron chi connectivity index (χ2n) is 4.70. The van der Waals surface area contributed by atoms with Crippen LogP contribution in [-0.2, 0) is 6.54 Å². The van der Waals surface area contributed by atoms with Crippen LogP contribution < -0.4 is 0 Å². The molecule has 1 heterocycles. The molecule has 0 radical (unpaired) electrons. The van der Waals surface area contributed by atoms with Crippen molar-refractivity contribution in [2.75, 3.05) is 5.75 Å². The molecule has 0 spiro atoms. The summed E-state index contributed by atoms with van der Waals surface area (Å²) in [7, 11) is 0. The summed E-state index contributed by atoms with van der Waals surface area (Å²) in [6.07, 6.45) is 0. The summed E-state index contributed by atoms with van der Waals surface area (Å²) in [4.78, 5) is 1.30. The summed E-state index contributed by atoms with van der Waals surface area (Å²) in [5, 5.41) is 2.37. The molecule has 0 saturated heterocycles. The van der Waals surface area contributed by atoms with E-state index in [-0.39, 0.29) is 0 Å². The van der Waals surface area contributed by atoms with E-state index in [1.54, 1.807) is 0 Å². The molecular weight excluding hydrogens is 282 g/mol. The third kappa shape index (κ3) is 2.15. The van der Waals surface area contributed by atoms with Gasteiger partial charge in [-0.1, -0.05) is 37.3 Å². The van der Waals surface area contributed by atoms with E-state index < -0.39 is 0 Å². The van der Waals surface area contributed by atoms with Crippen molar-refractivity contribution in [3.8, 4) is 0 Å². The van der Waals surface area contributed by atoms with Gasteiger partial charge in [0, 0.05) is 33.2 Å². The number of fused-ring (bicyclic) bond motifs is 2. The summed E-state index contributed by atoms with van der Waals surface area (Å²) in [5.41, 5.74) is 2.46. The van der Waals surface area contributed by atoms with Gasteiger partial charge >= 0.3 is 0 Å². The summed E-state index contributed by atoms with van der Waals surface area (Å²) < 4.78 is 3.32. The molecule has 0 bridgehead atoms. The number of aromatic nitrogens is 1. The Bertz CT molecular complexity index is 833. The fourth-order valence-corrected chi connectivity index (χ4v) is 3.74. The lowest BCUT2D eigenvalue weighted by atomic mass is 10.1. The van der Waals surface area contributed by atoms with E-state index in [9.17, 15) is 0 Å². The van der Waals surface area contributed by atoms with Crippen LogP contribution in [0.25, 0.3) is 21.8 Å². The Kier molecular flexibility index (Phi) is 3.81. The normalized spacial score (nSPS) is 11.3. The molecule has 0 amide bonds. The molecule has 3 rings (SSSR count). The monoisotopic (exact) mass is 299 g/mol. The lowest BCUT2D eigenvalue weighted by molar-refractivity contribution is 0.821. The third-order valence-electron chi connectivity index (χ3n) is 3.57. The molecule has 0 unspecified atom stereocenters. The van der Waals surface area contributed by atoms with Gasteiger partial charge in [0.2, 0.25) is 0 Å². The summed E-state index contributed by atoms with van der Waals surface area (Å²) in [5.74, 6) is 1.08. The number of rotatable bonds is 3. The average Bonchev–Trinajstić information content (AvgIpc) is 2.49. The van der Waals surface area contributed by atoms with Gasteiger partial charge in [0.25, 0.3) is 0 Å². The predicted molar refractivity (Wildman–Crippen MR) is 92.4 cm³/mol. The van der Waals surface area contributed by atoms with Crippen molar-refractivity contribution in [3.05, 3.63) is 47.0 Å². The Morgan fingerprint density at radius 1 is 1.00 bits per heavy atom. The van der Waals surface area contributed by atoms with Gasteiger partial charge in [-0.3, -0.25) is 0 Å². The Balaban J connectivity index is 2.46. The number of hydrogen-bond acceptors (Lipinski definition) is 2. The summed E-state index contributed by atoms with van der Waals surface area (Å²) in [6.45, 7) is 5.31. The van der Waals surface area contributed by atoms with Gasteiger partial charge < -0.3 is 4.57 Å². The first-order valence-electron chi connectivity index (χ1n) is 6.94. The fourth-order valence-electron chi connectivity index (χ4n) is 2.71. The highest BCUT2D eigenvalue weighted by Gasteiger charge is 2.07. The first kappa shape index (κ1) is 13.7. The van der Waals surface area contributed by atoms with Crippen molar-refractivity contribution in [1.82, 2.24) is 4.57 Å². The van der Waals surface area contributed by atoms with E-state index in [2.05, 4.69) is 60.9 Å². The molecule has 1 aromatic heterocycles. The number of pyridine rings is 1. The Morgan fingerprint density at radius 2 is 1.75 bits per heavy atom. The van der Waals surface area contributed by atoms with Crippen LogP contribution in [0, 0.1) is 4.51 Å². The zero-order valence-corrected chi connectivity index (χ0v) is 13.4. The maximum Gasteiger partial charge on any atom is 0.0564 e. The molecule has 1 nitrogen and oxygen atoms in total. The van der Waals surface area contributed by atoms with Gasteiger partial charge in [-0.15, -0.1) is 11.8 Å². The third-order valence-corrected chi connectivity index (χ3v) is 4.89. The molecule has 102 valence electrons. The topological polar surface area (TPSA) is 4.93 Å². The van der Waals surface area contributed by atoms with Crippen LogP contribution >= 0.6 is 24.0 Å². The molecule has 20 heavy (non-hydrogen) atoms. The predicted octanol–water partition coefficient (Wildman–Crippen LogP) is 5.66. The maximum atomic E-state index is 5.72. The molecule has 0 N–H and O–H groups in total. The largest absolute Gasteiger partial charge is 0.341 e. The van der Waals surface area contributed by atoms with Crippen LogP contribution in [0.1, 0.15) is 13.8 Å². The maximum absolute atomic E-state index is 5.72. The molecule has 3 aromatic rings. The smallest absolute Gasteiger partial charge is 0.0564 e. The molecule has 0 fully saturated rings. The Labute approximate surface area is 128 Å². The SMILES string of the molecule is CCSc1ccc2c(c1)c(=S)c1ccccc1n2CC. The van der Waals surface area contributed by atoms with Crippen LogP contribution in [0.3, 0.4) is 0 Å². The van der Waals surface area contributed by atoms with E-state index in [0.717, 1.165) is 16.8 Å². The molecule has 0 aliphatic rings.